The van der Waals surface area contributed by atoms with Crippen molar-refractivity contribution < 1.29 is 23.9 Å². The Morgan fingerprint density at radius 3 is 2.50 bits per heavy atom. The van der Waals surface area contributed by atoms with Gasteiger partial charge in [0.1, 0.15) is 6.61 Å². The van der Waals surface area contributed by atoms with Crippen LogP contribution in [0.1, 0.15) is 0 Å². The number of para-hydroxylation sites is 2. The number of amides is 4. The molecule has 0 radical (unpaired) electrons. The quantitative estimate of drug-likeness (QED) is 0.747. The van der Waals surface area contributed by atoms with Crippen LogP contribution in [0.25, 0.3) is 0 Å². The molecule has 2 aliphatic rings. The summed E-state index contributed by atoms with van der Waals surface area (Å²) in [6.07, 6.45) is -0.659. The largest absolute Gasteiger partial charge is 0.485 e. The van der Waals surface area contributed by atoms with Gasteiger partial charge in [-0.05, 0) is 12.1 Å². The molecule has 9 nitrogen and oxygen atoms in total. The minimum Gasteiger partial charge on any atom is -0.485 e. The highest BCUT2D eigenvalue weighted by molar-refractivity contribution is 5.95. The number of fused-ring (bicyclic) bond motifs is 1. The second-order valence-electron chi connectivity index (χ2n) is 6.09. The van der Waals surface area contributed by atoms with Crippen LogP contribution in [0.15, 0.2) is 24.3 Å². The number of benzene rings is 1. The lowest BCUT2D eigenvalue weighted by Crippen LogP contribution is -2.55. The Kier molecular flexibility index (Phi) is 5.57. The highest BCUT2D eigenvalue weighted by Crippen LogP contribution is 2.31. The molecular weight excluding hydrogens is 340 g/mol. The summed E-state index contributed by atoms with van der Waals surface area (Å²) in [4.78, 5) is 39.1. The van der Waals surface area contributed by atoms with Crippen molar-refractivity contribution in [3.63, 3.8) is 0 Å². The van der Waals surface area contributed by atoms with E-state index in [-0.39, 0.29) is 25.0 Å². The summed E-state index contributed by atoms with van der Waals surface area (Å²) in [5.74, 6) is 0.726. The van der Waals surface area contributed by atoms with Gasteiger partial charge in [-0.25, -0.2) is 4.79 Å². The van der Waals surface area contributed by atoms with E-state index in [4.69, 9.17) is 9.47 Å². The summed E-state index contributed by atoms with van der Waals surface area (Å²) < 4.78 is 11.4. The first kappa shape index (κ1) is 18.0. The number of carbonyl (C=O) groups excluding carboxylic acids is 3. The predicted octanol–water partition coefficient (Wildman–Crippen LogP) is -0.574. The summed E-state index contributed by atoms with van der Waals surface area (Å²) in [5, 5.41) is 4.55. The summed E-state index contributed by atoms with van der Waals surface area (Å²) >= 11 is 0. The molecule has 1 saturated heterocycles. The highest BCUT2D eigenvalue weighted by atomic mass is 16.6. The van der Waals surface area contributed by atoms with E-state index in [0.717, 1.165) is 0 Å². The van der Waals surface area contributed by atoms with Gasteiger partial charge >= 0.3 is 6.03 Å². The Morgan fingerprint density at radius 1 is 1.12 bits per heavy atom. The lowest BCUT2D eigenvalue weighted by atomic mass is 10.2. The number of hydrogen-bond donors (Lipinski definition) is 2. The Morgan fingerprint density at radius 2 is 1.81 bits per heavy atom. The first-order valence-corrected chi connectivity index (χ1v) is 8.48. The molecule has 4 amide bonds. The molecule has 2 N–H and O–H groups in total. The van der Waals surface area contributed by atoms with Crippen LogP contribution in [-0.2, 0) is 9.59 Å². The maximum absolute atomic E-state index is 12.6. The van der Waals surface area contributed by atoms with Crippen molar-refractivity contribution in [2.24, 2.45) is 0 Å². The van der Waals surface area contributed by atoms with Crippen LogP contribution < -0.4 is 20.1 Å². The molecule has 9 heteroatoms. The molecule has 26 heavy (non-hydrogen) atoms. The van der Waals surface area contributed by atoms with Crippen molar-refractivity contribution in [3.8, 4) is 11.5 Å². The van der Waals surface area contributed by atoms with E-state index >= 15 is 0 Å². The molecule has 3 rings (SSSR count). The molecule has 140 valence electrons. The van der Waals surface area contributed by atoms with Crippen molar-refractivity contribution in [2.45, 2.75) is 6.10 Å². The fourth-order valence-corrected chi connectivity index (χ4v) is 2.90. The van der Waals surface area contributed by atoms with Gasteiger partial charge in [0, 0.05) is 33.2 Å². The van der Waals surface area contributed by atoms with E-state index in [9.17, 15) is 14.4 Å². The van der Waals surface area contributed by atoms with Crippen LogP contribution in [-0.4, -0.2) is 80.1 Å². The number of nitrogens with zero attached hydrogens (tertiary/aromatic N) is 2. The van der Waals surface area contributed by atoms with Gasteiger partial charge in [0.15, 0.2) is 11.5 Å². The summed E-state index contributed by atoms with van der Waals surface area (Å²) in [6, 6.07) is 6.73. The lowest BCUT2D eigenvalue weighted by Gasteiger charge is -2.36. The molecule has 2 heterocycles. The van der Waals surface area contributed by atoms with Gasteiger partial charge in [-0.2, -0.15) is 0 Å². The van der Waals surface area contributed by atoms with Crippen molar-refractivity contribution >= 4 is 17.8 Å². The number of hydrogen-bond acceptors (Lipinski definition) is 6. The van der Waals surface area contributed by atoms with E-state index < -0.39 is 12.1 Å². The van der Waals surface area contributed by atoms with Crippen molar-refractivity contribution in [1.29, 1.82) is 0 Å². The number of piperazine rings is 1. The molecule has 0 aromatic heterocycles. The Labute approximate surface area is 151 Å². The lowest BCUT2D eigenvalue weighted by molar-refractivity contribution is -0.143. The summed E-state index contributed by atoms with van der Waals surface area (Å²) in [5.41, 5.74) is 0. The molecular formula is C17H22N4O5. The first-order chi connectivity index (χ1) is 12.6. The van der Waals surface area contributed by atoms with Gasteiger partial charge in [-0.15, -0.1) is 0 Å². The zero-order valence-corrected chi connectivity index (χ0v) is 14.6. The molecule has 0 saturated carbocycles. The van der Waals surface area contributed by atoms with Crippen molar-refractivity contribution in [1.82, 2.24) is 20.4 Å². The van der Waals surface area contributed by atoms with Crippen LogP contribution in [0.3, 0.4) is 0 Å². The molecule has 1 aromatic rings. The number of carbonyl (C=O) groups is 3. The average molecular weight is 362 g/mol. The standard InChI is InChI=1S/C17H22N4O5/c1-18-17(24)19-15(22)10-20-6-8-21(9-7-20)16(23)14-11-25-12-4-2-3-5-13(12)26-14/h2-5,14H,6-11H2,1H3,(H2,18,19,22,24)/t14-/m1/s1. The maximum Gasteiger partial charge on any atom is 0.321 e. The third-order valence-electron chi connectivity index (χ3n) is 4.32. The van der Waals surface area contributed by atoms with Crippen LogP contribution in [0.5, 0.6) is 11.5 Å². The van der Waals surface area contributed by atoms with Crippen LogP contribution in [0.4, 0.5) is 4.79 Å². The number of rotatable bonds is 3. The fourth-order valence-electron chi connectivity index (χ4n) is 2.90. The number of ether oxygens (including phenoxy) is 2. The van der Waals surface area contributed by atoms with E-state index in [1.807, 2.05) is 17.0 Å². The molecule has 1 fully saturated rings. The van der Waals surface area contributed by atoms with Gasteiger partial charge in [0.05, 0.1) is 6.54 Å². The van der Waals surface area contributed by atoms with Crippen molar-refractivity contribution in [3.05, 3.63) is 24.3 Å². The average Bonchev–Trinajstić information content (AvgIpc) is 2.67. The minimum absolute atomic E-state index is 0.117. The van der Waals surface area contributed by atoms with Crippen LogP contribution in [0, 0.1) is 0 Å². The molecule has 0 unspecified atom stereocenters. The first-order valence-electron chi connectivity index (χ1n) is 8.48. The minimum atomic E-state index is -0.659. The molecule has 2 aliphatic heterocycles. The Balaban J connectivity index is 1.47. The predicted molar refractivity (Wildman–Crippen MR) is 92.0 cm³/mol. The second-order valence-corrected chi connectivity index (χ2v) is 6.09. The second kappa shape index (κ2) is 8.05. The zero-order valence-electron chi connectivity index (χ0n) is 14.6. The Hall–Kier alpha value is -2.81. The van der Waals surface area contributed by atoms with Gasteiger partial charge in [-0.1, -0.05) is 12.1 Å². The monoisotopic (exact) mass is 362 g/mol. The van der Waals surface area contributed by atoms with E-state index in [1.165, 1.54) is 7.05 Å². The summed E-state index contributed by atoms with van der Waals surface area (Å²) in [7, 11) is 1.45. The third-order valence-corrected chi connectivity index (χ3v) is 4.32. The molecule has 0 bridgehead atoms. The smallest absolute Gasteiger partial charge is 0.321 e. The van der Waals surface area contributed by atoms with Crippen molar-refractivity contribution in [2.75, 3.05) is 46.4 Å². The summed E-state index contributed by atoms with van der Waals surface area (Å²) in [6.45, 7) is 2.39. The van der Waals surface area contributed by atoms with Gasteiger partial charge in [-0.3, -0.25) is 19.8 Å². The topological polar surface area (TPSA) is 100 Å². The van der Waals surface area contributed by atoms with Crippen LogP contribution in [0.2, 0.25) is 0 Å². The van der Waals surface area contributed by atoms with Gasteiger partial charge in [0.2, 0.25) is 12.0 Å². The van der Waals surface area contributed by atoms with E-state index in [1.54, 1.807) is 17.0 Å². The normalized spacial score (nSPS) is 19.6. The SMILES string of the molecule is CNC(=O)NC(=O)CN1CCN(C(=O)[C@H]2COc3ccccc3O2)CC1. The fraction of sp³-hybridized carbons (Fsp3) is 0.471. The zero-order chi connectivity index (χ0) is 18.5. The highest BCUT2D eigenvalue weighted by Gasteiger charge is 2.32. The van der Waals surface area contributed by atoms with E-state index in [0.29, 0.717) is 37.7 Å². The van der Waals surface area contributed by atoms with E-state index in [2.05, 4.69) is 10.6 Å². The number of imide groups is 1. The maximum atomic E-state index is 12.6. The molecule has 1 aromatic carbocycles. The number of nitrogens with one attached hydrogen (secondary N) is 2. The number of urea groups is 1. The third kappa shape index (κ3) is 4.23. The van der Waals surface area contributed by atoms with Crippen LogP contribution >= 0.6 is 0 Å². The van der Waals surface area contributed by atoms with Gasteiger partial charge in [0.25, 0.3) is 5.91 Å². The molecule has 0 aliphatic carbocycles. The Bertz CT molecular complexity index is 687. The molecule has 1 atom stereocenters. The van der Waals surface area contributed by atoms with Gasteiger partial charge < -0.3 is 19.7 Å². The molecule has 0 spiro atoms.